The lowest BCUT2D eigenvalue weighted by Gasteiger charge is -2.11. The molecule has 1 aromatic carbocycles. The summed E-state index contributed by atoms with van der Waals surface area (Å²) >= 11 is 0. The molecule has 152 valence electrons. The third kappa shape index (κ3) is 3.07. The van der Waals surface area contributed by atoms with Crippen molar-refractivity contribution in [2.75, 3.05) is 5.75 Å². The molecule has 4 rings (SSSR count). The van der Waals surface area contributed by atoms with Crippen LogP contribution in [0.15, 0.2) is 41.6 Å². The van der Waals surface area contributed by atoms with Gasteiger partial charge < -0.3 is 9.13 Å². The Morgan fingerprint density at radius 2 is 1.83 bits per heavy atom. The van der Waals surface area contributed by atoms with Crippen molar-refractivity contribution in [1.29, 1.82) is 0 Å². The molecule has 0 aliphatic carbocycles. The first-order chi connectivity index (χ1) is 13.5. The van der Waals surface area contributed by atoms with Crippen molar-refractivity contribution in [3.05, 3.63) is 42.4 Å². The summed E-state index contributed by atoms with van der Waals surface area (Å²) in [6, 6.07) is 5.97. The molecule has 0 amide bonds. The number of alkyl halides is 3. The van der Waals surface area contributed by atoms with E-state index in [0.29, 0.717) is 11.1 Å². The Hall–Kier alpha value is -2.88. The van der Waals surface area contributed by atoms with Gasteiger partial charge in [0.2, 0.25) is 0 Å². The van der Waals surface area contributed by atoms with Crippen LogP contribution in [0.3, 0.4) is 0 Å². The molecular weight excluding hydrogens is 405 g/mol. The van der Waals surface area contributed by atoms with E-state index in [9.17, 15) is 21.6 Å². The van der Waals surface area contributed by atoms with Crippen LogP contribution in [0.25, 0.3) is 33.3 Å². The SMILES string of the molecule is CCS(=O)(=O)c1cc2ccn(C)c2cc1-c1nc2cc(C(F)(F)F)ncc2n1C. The number of benzene rings is 1. The maximum atomic E-state index is 13.0. The molecule has 0 saturated heterocycles. The van der Waals surface area contributed by atoms with Crippen LogP contribution in [-0.2, 0) is 30.1 Å². The summed E-state index contributed by atoms with van der Waals surface area (Å²) in [5, 5.41) is 0.753. The molecule has 0 unspecified atom stereocenters. The second-order valence-corrected chi connectivity index (χ2v) is 9.03. The summed E-state index contributed by atoms with van der Waals surface area (Å²) in [6.07, 6.45) is -1.68. The Morgan fingerprint density at radius 3 is 2.48 bits per heavy atom. The van der Waals surface area contributed by atoms with Crippen molar-refractivity contribution < 1.29 is 21.6 Å². The number of aryl methyl sites for hydroxylation is 2. The van der Waals surface area contributed by atoms with E-state index in [1.807, 2.05) is 23.9 Å². The van der Waals surface area contributed by atoms with Gasteiger partial charge in [0.05, 0.1) is 27.9 Å². The molecule has 0 aliphatic rings. The Morgan fingerprint density at radius 1 is 1.10 bits per heavy atom. The molecule has 29 heavy (non-hydrogen) atoms. The van der Waals surface area contributed by atoms with E-state index in [0.717, 1.165) is 23.2 Å². The van der Waals surface area contributed by atoms with E-state index < -0.39 is 21.7 Å². The molecule has 3 aromatic heterocycles. The monoisotopic (exact) mass is 422 g/mol. The van der Waals surface area contributed by atoms with Gasteiger partial charge in [-0.25, -0.2) is 18.4 Å². The van der Waals surface area contributed by atoms with Crippen molar-refractivity contribution in [3.63, 3.8) is 0 Å². The molecule has 0 saturated carbocycles. The minimum atomic E-state index is -4.59. The van der Waals surface area contributed by atoms with E-state index >= 15 is 0 Å². The van der Waals surface area contributed by atoms with Crippen molar-refractivity contribution in [2.45, 2.75) is 18.0 Å². The fourth-order valence-electron chi connectivity index (χ4n) is 3.37. The topological polar surface area (TPSA) is 69.8 Å². The van der Waals surface area contributed by atoms with Gasteiger partial charge in [0.1, 0.15) is 11.5 Å². The zero-order valence-electron chi connectivity index (χ0n) is 15.8. The van der Waals surface area contributed by atoms with Crippen LogP contribution >= 0.6 is 0 Å². The average Bonchev–Trinajstić information content (AvgIpc) is 3.20. The van der Waals surface area contributed by atoms with Gasteiger partial charge in [0.25, 0.3) is 0 Å². The number of rotatable bonds is 3. The summed E-state index contributed by atoms with van der Waals surface area (Å²) in [5.41, 5.74) is 0.551. The molecule has 3 heterocycles. The highest BCUT2D eigenvalue weighted by Gasteiger charge is 2.33. The highest BCUT2D eigenvalue weighted by atomic mass is 32.2. The predicted molar refractivity (Wildman–Crippen MR) is 103 cm³/mol. The second-order valence-electron chi connectivity index (χ2n) is 6.79. The molecule has 0 fully saturated rings. The smallest absolute Gasteiger partial charge is 0.351 e. The number of nitrogens with zero attached hydrogens (tertiary/aromatic N) is 4. The molecule has 10 heteroatoms. The van der Waals surface area contributed by atoms with E-state index in [1.165, 1.54) is 0 Å². The first kappa shape index (κ1) is 19.4. The quantitative estimate of drug-likeness (QED) is 0.502. The highest BCUT2D eigenvalue weighted by Crippen LogP contribution is 2.35. The van der Waals surface area contributed by atoms with Crippen molar-refractivity contribution in [1.82, 2.24) is 19.1 Å². The molecular formula is C19H17F3N4O2S. The Kier molecular flexibility index (Phi) is 4.23. The largest absolute Gasteiger partial charge is 0.433 e. The van der Waals surface area contributed by atoms with Gasteiger partial charge in [-0.1, -0.05) is 6.92 Å². The molecule has 0 atom stereocenters. The van der Waals surface area contributed by atoms with Crippen LogP contribution < -0.4 is 0 Å². The summed E-state index contributed by atoms with van der Waals surface area (Å²) in [7, 11) is -0.153. The van der Waals surface area contributed by atoms with Crippen LogP contribution in [-0.4, -0.2) is 33.3 Å². The number of hydrogen-bond donors (Lipinski definition) is 0. The van der Waals surface area contributed by atoms with Crippen LogP contribution in [0.5, 0.6) is 0 Å². The van der Waals surface area contributed by atoms with Crippen molar-refractivity contribution in [2.24, 2.45) is 14.1 Å². The maximum Gasteiger partial charge on any atom is 0.433 e. The molecule has 0 N–H and O–H groups in total. The normalized spacial score (nSPS) is 12.9. The summed E-state index contributed by atoms with van der Waals surface area (Å²) in [6.45, 7) is 1.54. The number of imidazole rings is 1. The van der Waals surface area contributed by atoms with E-state index in [2.05, 4.69) is 9.97 Å². The van der Waals surface area contributed by atoms with Crippen LogP contribution in [0.2, 0.25) is 0 Å². The third-order valence-electron chi connectivity index (χ3n) is 5.00. The first-order valence-electron chi connectivity index (χ1n) is 8.75. The maximum absolute atomic E-state index is 13.0. The number of pyridine rings is 1. The standard InChI is InChI=1S/C19H17F3N4O2S/c1-4-29(27,28)16-7-11-5-6-25(2)14(11)8-12(16)18-24-13-9-17(19(20,21)22)23-10-15(13)26(18)3/h5-10H,4H2,1-3H3. The summed E-state index contributed by atoms with van der Waals surface area (Å²) in [4.78, 5) is 7.91. The molecule has 0 spiro atoms. The fourth-order valence-corrected chi connectivity index (χ4v) is 4.47. The zero-order chi connectivity index (χ0) is 21.1. The average molecular weight is 422 g/mol. The Labute approximate surface area is 164 Å². The second kappa shape index (κ2) is 6.31. The number of hydrogen-bond acceptors (Lipinski definition) is 4. The molecule has 4 aromatic rings. The zero-order valence-corrected chi connectivity index (χ0v) is 16.6. The fraction of sp³-hybridized carbons (Fsp3) is 0.263. The van der Waals surface area contributed by atoms with Gasteiger partial charge in [-0.15, -0.1) is 0 Å². The predicted octanol–water partition coefficient (Wildman–Crippen LogP) is 3.94. The van der Waals surface area contributed by atoms with Crippen LogP contribution in [0.4, 0.5) is 13.2 Å². The molecule has 6 nitrogen and oxygen atoms in total. The lowest BCUT2D eigenvalue weighted by atomic mass is 10.1. The van der Waals surface area contributed by atoms with Gasteiger partial charge in [-0.3, -0.25) is 0 Å². The highest BCUT2D eigenvalue weighted by molar-refractivity contribution is 7.91. The number of fused-ring (bicyclic) bond motifs is 2. The van der Waals surface area contributed by atoms with Gasteiger partial charge in [0.15, 0.2) is 9.84 Å². The van der Waals surface area contributed by atoms with Crippen molar-refractivity contribution >= 4 is 31.8 Å². The van der Waals surface area contributed by atoms with Crippen molar-refractivity contribution in [3.8, 4) is 11.4 Å². The molecule has 0 radical (unpaired) electrons. The number of aromatic nitrogens is 4. The van der Waals surface area contributed by atoms with Crippen LogP contribution in [0.1, 0.15) is 12.6 Å². The van der Waals surface area contributed by atoms with Gasteiger partial charge in [-0.2, -0.15) is 13.2 Å². The van der Waals surface area contributed by atoms with E-state index in [-0.39, 0.29) is 22.0 Å². The lowest BCUT2D eigenvalue weighted by Crippen LogP contribution is -2.08. The summed E-state index contributed by atoms with van der Waals surface area (Å²) < 4.78 is 68.0. The molecule has 0 bridgehead atoms. The Bertz CT molecular complexity index is 1370. The van der Waals surface area contributed by atoms with Gasteiger partial charge in [0, 0.05) is 36.8 Å². The van der Waals surface area contributed by atoms with Gasteiger partial charge in [-0.05, 0) is 24.3 Å². The Balaban J connectivity index is 2.05. The lowest BCUT2D eigenvalue weighted by molar-refractivity contribution is -0.141. The summed E-state index contributed by atoms with van der Waals surface area (Å²) in [5.74, 6) is 0.151. The van der Waals surface area contributed by atoms with E-state index in [1.54, 1.807) is 30.7 Å². The minimum Gasteiger partial charge on any atom is -0.351 e. The first-order valence-corrected chi connectivity index (χ1v) is 10.4. The third-order valence-corrected chi connectivity index (χ3v) is 6.77. The number of halogens is 3. The minimum absolute atomic E-state index is 0.0941. The van der Waals surface area contributed by atoms with Crippen LogP contribution in [0, 0.1) is 0 Å². The number of sulfone groups is 1. The van der Waals surface area contributed by atoms with E-state index in [4.69, 9.17) is 0 Å². The molecule has 0 aliphatic heterocycles. The van der Waals surface area contributed by atoms with Gasteiger partial charge >= 0.3 is 6.18 Å².